The number of benzene rings is 4. The second-order valence-electron chi connectivity index (χ2n) is 6.48. The van der Waals surface area contributed by atoms with Gasteiger partial charge in [-0.05, 0) is 17.7 Å². The molecule has 138 valence electrons. The van der Waals surface area contributed by atoms with Crippen LogP contribution in [0.15, 0.2) is 91.0 Å². The minimum absolute atomic E-state index is 0.199. The van der Waals surface area contributed by atoms with Crippen molar-refractivity contribution in [3.63, 3.8) is 0 Å². The maximum atomic E-state index is 12.6. The summed E-state index contributed by atoms with van der Waals surface area (Å²) in [6.07, 6.45) is 0. The van der Waals surface area contributed by atoms with Gasteiger partial charge in [0.25, 0.3) is 5.91 Å². The highest BCUT2D eigenvalue weighted by Gasteiger charge is 2.14. The minimum atomic E-state index is -0.199. The zero-order valence-electron chi connectivity index (χ0n) is 15.3. The second kappa shape index (κ2) is 7.84. The lowest BCUT2D eigenvalue weighted by Crippen LogP contribution is -2.13. The van der Waals surface area contributed by atoms with Gasteiger partial charge in [-0.15, -0.1) is 0 Å². The highest BCUT2D eigenvalue weighted by molar-refractivity contribution is 6.13. The molecule has 4 rings (SSSR count). The lowest BCUT2D eigenvalue weighted by atomic mass is 10.1. The molecule has 0 saturated carbocycles. The fraction of sp³-hybridized carbons (Fsp3) is 0.0417. The molecule has 0 atom stereocenters. The Morgan fingerprint density at radius 2 is 1.43 bits per heavy atom. The Bertz CT molecular complexity index is 1110. The number of nitrogen functional groups attached to an aromatic ring is 1. The molecule has 28 heavy (non-hydrogen) atoms. The molecular formula is C24H20N2O2. The molecule has 4 heteroatoms. The van der Waals surface area contributed by atoms with Gasteiger partial charge in [-0.25, -0.2) is 0 Å². The summed E-state index contributed by atoms with van der Waals surface area (Å²) in [6.45, 7) is 0.444. The summed E-state index contributed by atoms with van der Waals surface area (Å²) < 4.78 is 6.04. The minimum Gasteiger partial charge on any atom is -0.488 e. The third kappa shape index (κ3) is 3.67. The Morgan fingerprint density at radius 3 is 2.14 bits per heavy atom. The lowest BCUT2D eigenvalue weighted by Gasteiger charge is -2.16. The molecule has 4 aromatic carbocycles. The highest BCUT2D eigenvalue weighted by atomic mass is 16.5. The van der Waals surface area contributed by atoms with Crippen LogP contribution < -0.4 is 15.8 Å². The predicted molar refractivity (Wildman–Crippen MR) is 114 cm³/mol. The van der Waals surface area contributed by atoms with E-state index in [0.29, 0.717) is 29.3 Å². The van der Waals surface area contributed by atoms with Crippen molar-refractivity contribution < 1.29 is 9.53 Å². The Kier molecular flexibility index (Phi) is 4.93. The topological polar surface area (TPSA) is 64.3 Å². The summed E-state index contributed by atoms with van der Waals surface area (Å²) in [7, 11) is 0. The van der Waals surface area contributed by atoms with Crippen molar-refractivity contribution in [2.45, 2.75) is 6.61 Å². The van der Waals surface area contributed by atoms with E-state index in [1.807, 2.05) is 72.8 Å². The van der Waals surface area contributed by atoms with Gasteiger partial charge in [-0.2, -0.15) is 0 Å². The van der Waals surface area contributed by atoms with Crippen LogP contribution in [-0.2, 0) is 6.61 Å². The molecule has 4 aromatic rings. The molecule has 0 aliphatic heterocycles. The van der Waals surface area contributed by atoms with Gasteiger partial charge in [0, 0.05) is 22.4 Å². The molecular weight excluding hydrogens is 348 g/mol. The Hall–Kier alpha value is -3.79. The summed E-state index contributed by atoms with van der Waals surface area (Å²) in [5.41, 5.74) is 9.00. The molecule has 4 nitrogen and oxygen atoms in total. The first kappa shape index (κ1) is 17.6. The van der Waals surface area contributed by atoms with Crippen LogP contribution in [0, 0.1) is 0 Å². The van der Waals surface area contributed by atoms with Gasteiger partial charge in [0.05, 0.1) is 11.4 Å². The number of amides is 1. The van der Waals surface area contributed by atoms with Gasteiger partial charge in [0.1, 0.15) is 12.4 Å². The standard InChI is InChI=1S/C24H20N2O2/c25-21-15-22(28-16-17-9-3-1-4-10-17)19-13-7-8-14-20(19)23(21)26-24(27)18-11-5-2-6-12-18/h1-15H,16,25H2,(H,26,27). The Labute approximate surface area is 163 Å². The lowest BCUT2D eigenvalue weighted by molar-refractivity contribution is 0.102. The van der Waals surface area contributed by atoms with Gasteiger partial charge in [0.15, 0.2) is 0 Å². The number of hydrogen-bond acceptors (Lipinski definition) is 3. The van der Waals surface area contributed by atoms with E-state index in [4.69, 9.17) is 10.5 Å². The molecule has 3 N–H and O–H groups in total. The summed E-state index contributed by atoms with van der Waals surface area (Å²) in [5.74, 6) is 0.491. The summed E-state index contributed by atoms with van der Waals surface area (Å²) in [4.78, 5) is 12.6. The van der Waals surface area contributed by atoms with Crippen molar-refractivity contribution in [3.05, 3.63) is 102 Å². The Morgan fingerprint density at radius 1 is 0.821 bits per heavy atom. The van der Waals surface area contributed by atoms with Crippen molar-refractivity contribution in [2.75, 3.05) is 11.1 Å². The first-order valence-corrected chi connectivity index (χ1v) is 9.07. The average molecular weight is 368 g/mol. The number of anilines is 2. The van der Waals surface area contributed by atoms with E-state index in [0.717, 1.165) is 16.3 Å². The molecule has 0 aliphatic carbocycles. The molecule has 0 radical (unpaired) electrons. The number of carbonyl (C=O) groups excluding carboxylic acids is 1. The fourth-order valence-electron chi connectivity index (χ4n) is 3.13. The molecule has 0 heterocycles. The van der Waals surface area contributed by atoms with Crippen LogP contribution in [0.2, 0.25) is 0 Å². The SMILES string of the molecule is Nc1cc(OCc2ccccc2)c2ccccc2c1NC(=O)c1ccccc1. The largest absolute Gasteiger partial charge is 0.488 e. The number of ether oxygens (including phenoxy) is 1. The zero-order valence-corrected chi connectivity index (χ0v) is 15.3. The van der Waals surface area contributed by atoms with Crippen LogP contribution in [0.4, 0.5) is 11.4 Å². The molecule has 0 aromatic heterocycles. The second-order valence-corrected chi connectivity index (χ2v) is 6.48. The van der Waals surface area contributed by atoms with Crippen molar-refractivity contribution in [3.8, 4) is 5.75 Å². The van der Waals surface area contributed by atoms with E-state index in [1.165, 1.54) is 0 Å². The maximum absolute atomic E-state index is 12.6. The van der Waals surface area contributed by atoms with Crippen LogP contribution in [0.3, 0.4) is 0 Å². The fourth-order valence-corrected chi connectivity index (χ4v) is 3.13. The Balaban J connectivity index is 1.67. The molecule has 0 spiro atoms. The van der Waals surface area contributed by atoms with Gasteiger partial charge in [-0.1, -0.05) is 72.8 Å². The van der Waals surface area contributed by atoms with Crippen molar-refractivity contribution in [1.82, 2.24) is 0 Å². The molecule has 1 amide bonds. The van der Waals surface area contributed by atoms with E-state index < -0.39 is 0 Å². The van der Waals surface area contributed by atoms with Crippen LogP contribution >= 0.6 is 0 Å². The summed E-state index contributed by atoms with van der Waals surface area (Å²) in [5, 5.41) is 4.69. The maximum Gasteiger partial charge on any atom is 0.255 e. The number of carbonyl (C=O) groups is 1. The summed E-state index contributed by atoms with van der Waals surface area (Å²) >= 11 is 0. The van der Waals surface area contributed by atoms with E-state index in [1.54, 1.807) is 18.2 Å². The smallest absolute Gasteiger partial charge is 0.255 e. The molecule has 0 bridgehead atoms. The summed E-state index contributed by atoms with van der Waals surface area (Å²) in [6, 6.07) is 28.6. The number of hydrogen-bond donors (Lipinski definition) is 2. The van der Waals surface area contributed by atoms with Gasteiger partial charge < -0.3 is 15.8 Å². The third-order valence-electron chi connectivity index (χ3n) is 4.55. The normalized spacial score (nSPS) is 10.6. The number of fused-ring (bicyclic) bond motifs is 1. The van der Waals surface area contributed by atoms with Crippen molar-refractivity contribution >= 4 is 28.1 Å². The van der Waals surface area contributed by atoms with Crippen LogP contribution in [-0.4, -0.2) is 5.91 Å². The number of nitrogens with two attached hydrogens (primary N) is 1. The van der Waals surface area contributed by atoms with Gasteiger partial charge >= 0.3 is 0 Å². The van der Waals surface area contributed by atoms with Gasteiger partial charge in [0.2, 0.25) is 0 Å². The van der Waals surface area contributed by atoms with Crippen LogP contribution in [0.5, 0.6) is 5.75 Å². The number of rotatable bonds is 5. The molecule has 0 aliphatic rings. The van der Waals surface area contributed by atoms with E-state index >= 15 is 0 Å². The predicted octanol–water partition coefficient (Wildman–Crippen LogP) is 5.25. The van der Waals surface area contributed by atoms with E-state index in [2.05, 4.69) is 5.32 Å². The van der Waals surface area contributed by atoms with E-state index in [9.17, 15) is 4.79 Å². The number of nitrogens with one attached hydrogen (secondary N) is 1. The zero-order chi connectivity index (χ0) is 19.3. The van der Waals surface area contributed by atoms with E-state index in [-0.39, 0.29) is 5.91 Å². The first-order valence-electron chi connectivity index (χ1n) is 9.07. The molecule has 0 fully saturated rings. The third-order valence-corrected chi connectivity index (χ3v) is 4.55. The average Bonchev–Trinajstić information content (AvgIpc) is 2.75. The van der Waals surface area contributed by atoms with Crippen LogP contribution in [0.1, 0.15) is 15.9 Å². The van der Waals surface area contributed by atoms with Crippen molar-refractivity contribution in [2.24, 2.45) is 0 Å². The monoisotopic (exact) mass is 368 g/mol. The van der Waals surface area contributed by atoms with Crippen LogP contribution in [0.25, 0.3) is 10.8 Å². The first-order chi connectivity index (χ1) is 13.7. The quantitative estimate of drug-likeness (QED) is 0.473. The molecule has 0 saturated heterocycles. The van der Waals surface area contributed by atoms with Crippen molar-refractivity contribution in [1.29, 1.82) is 0 Å². The molecule has 0 unspecified atom stereocenters. The highest BCUT2D eigenvalue weighted by Crippen LogP contribution is 2.37. The van der Waals surface area contributed by atoms with Gasteiger partial charge in [-0.3, -0.25) is 4.79 Å².